The minimum absolute atomic E-state index is 0.129. The maximum Gasteiger partial charge on any atom is 0.234 e. The molecule has 0 aliphatic carbocycles. The molecule has 4 nitrogen and oxygen atoms in total. The van der Waals surface area contributed by atoms with E-state index in [1.807, 2.05) is 0 Å². The van der Waals surface area contributed by atoms with E-state index in [4.69, 9.17) is 0 Å². The fourth-order valence-corrected chi connectivity index (χ4v) is 4.25. The number of carbonyl (C=O) groups is 1. The van der Waals surface area contributed by atoms with Crippen molar-refractivity contribution in [3.8, 4) is 0 Å². The maximum atomic E-state index is 12.2. The van der Waals surface area contributed by atoms with Crippen molar-refractivity contribution in [2.75, 3.05) is 49.9 Å². The number of carbonyl (C=O) groups excluding carboxylic acids is 1. The number of nitrogens with one attached hydrogen (secondary N) is 1. The van der Waals surface area contributed by atoms with Crippen LogP contribution in [0.4, 0.5) is 5.69 Å². The predicted molar refractivity (Wildman–Crippen MR) is 119 cm³/mol. The molecule has 0 unspecified atom stereocenters. The van der Waals surface area contributed by atoms with Crippen LogP contribution >= 0.6 is 11.8 Å². The molecule has 1 fully saturated rings. The van der Waals surface area contributed by atoms with Gasteiger partial charge in [-0.3, -0.25) is 9.69 Å². The van der Waals surface area contributed by atoms with Crippen molar-refractivity contribution in [2.24, 2.45) is 0 Å². The number of piperazine rings is 1. The van der Waals surface area contributed by atoms with E-state index in [-0.39, 0.29) is 5.91 Å². The minimum Gasteiger partial charge on any atom is -0.369 e. The van der Waals surface area contributed by atoms with Gasteiger partial charge in [0.2, 0.25) is 5.91 Å². The first-order valence-electron chi connectivity index (χ1n) is 10.0. The molecule has 1 N–H and O–H groups in total. The normalized spacial score (nSPS) is 14.9. The van der Waals surface area contributed by atoms with Crippen molar-refractivity contribution in [3.05, 3.63) is 59.2 Å². The molecule has 1 aliphatic rings. The summed E-state index contributed by atoms with van der Waals surface area (Å²) >= 11 is 1.78. The van der Waals surface area contributed by atoms with Gasteiger partial charge < -0.3 is 10.2 Å². The Labute approximate surface area is 173 Å². The second-order valence-electron chi connectivity index (χ2n) is 7.49. The van der Waals surface area contributed by atoms with Gasteiger partial charge in [0, 0.05) is 49.1 Å². The Balaban J connectivity index is 1.35. The number of rotatable bonds is 7. The number of anilines is 1. The van der Waals surface area contributed by atoms with Gasteiger partial charge in [0.15, 0.2) is 0 Å². The van der Waals surface area contributed by atoms with Gasteiger partial charge in [-0.15, -0.1) is 11.8 Å². The van der Waals surface area contributed by atoms with Crippen molar-refractivity contribution in [1.82, 2.24) is 10.2 Å². The standard InChI is InChI=1S/C23H31N3OS/c1-18-7-9-21(10-8-18)28-16-11-24-23(27)17-25-12-14-26(15-13-25)22-6-4-5-19(2)20(22)3/h4-10H,11-17H2,1-3H3,(H,24,27). The van der Waals surface area contributed by atoms with E-state index in [1.54, 1.807) is 11.8 Å². The minimum atomic E-state index is 0.129. The Hall–Kier alpha value is -1.98. The highest BCUT2D eigenvalue weighted by Gasteiger charge is 2.20. The highest BCUT2D eigenvalue weighted by molar-refractivity contribution is 7.99. The molecule has 1 aliphatic heterocycles. The third kappa shape index (κ3) is 5.76. The van der Waals surface area contributed by atoms with E-state index in [0.717, 1.165) is 31.9 Å². The Morgan fingerprint density at radius 3 is 2.43 bits per heavy atom. The molecule has 0 saturated carbocycles. The van der Waals surface area contributed by atoms with E-state index in [0.29, 0.717) is 13.1 Å². The summed E-state index contributed by atoms with van der Waals surface area (Å²) in [5, 5.41) is 3.06. The highest BCUT2D eigenvalue weighted by atomic mass is 32.2. The Morgan fingerprint density at radius 2 is 1.71 bits per heavy atom. The molecule has 0 spiro atoms. The molecule has 2 aromatic rings. The summed E-state index contributed by atoms with van der Waals surface area (Å²) in [7, 11) is 0. The molecule has 0 radical (unpaired) electrons. The van der Waals surface area contributed by atoms with Gasteiger partial charge >= 0.3 is 0 Å². The number of aryl methyl sites for hydroxylation is 2. The largest absolute Gasteiger partial charge is 0.369 e. The lowest BCUT2D eigenvalue weighted by atomic mass is 10.1. The van der Waals surface area contributed by atoms with Gasteiger partial charge in [-0.05, 0) is 50.1 Å². The number of hydrogen-bond acceptors (Lipinski definition) is 4. The lowest BCUT2D eigenvalue weighted by Gasteiger charge is -2.36. The van der Waals surface area contributed by atoms with Gasteiger partial charge in [0.1, 0.15) is 0 Å². The van der Waals surface area contributed by atoms with Crippen molar-refractivity contribution >= 4 is 23.4 Å². The summed E-state index contributed by atoms with van der Waals surface area (Å²) in [5.74, 6) is 1.03. The lowest BCUT2D eigenvalue weighted by molar-refractivity contribution is -0.122. The molecule has 28 heavy (non-hydrogen) atoms. The fraction of sp³-hybridized carbons (Fsp3) is 0.435. The molecule has 2 aromatic carbocycles. The van der Waals surface area contributed by atoms with E-state index in [9.17, 15) is 4.79 Å². The quantitative estimate of drug-likeness (QED) is 0.572. The first-order valence-corrected chi connectivity index (χ1v) is 11.0. The first-order chi connectivity index (χ1) is 13.5. The van der Waals surface area contributed by atoms with Crippen LogP contribution in [0.25, 0.3) is 0 Å². The highest BCUT2D eigenvalue weighted by Crippen LogP contribution is 2.23. The van der Waals surface area contributed by atoms with E-state index in [2.05, 4.69) is 78.4 Å². The number of thioether (sulfide) groups is 1. The van der Waals surface area contributed by atoms with Gasteiger partial charge in [-0.25, -0.2) is 0 Å². The van der Waals surface area contributed by atoms with Gasteiger partial charge in [-0.2, -0.15) is 0 Å². The third-order valence-corrected chi connectivity index (χ3v) is 6.38. The number of nitrogens with zero attached hydrogens (tertiary/aromatic N) is 2. The van der Waals surface area contributed by atoms with E-state index in [1.165, 1.54) is 27.3 Å². The Morgan fingerprint density at radius 1 is 1.00 bits per heavy atom. The molecule has 1 amide bonds. The summed E-state index contributed by atoms with van der Waals surface area (Å²) in [4.78, 5) is 18.2. The van der Waals surface area contributed by atoms with Crippen LogP contribution in [0.1, 0.15) is 16.7 Å². The summed E-state index contributed by atoms with van der Waals surface area (Å²) in [6.45, 7) is 11.5. The smallest absolute Gasteiger partial charge is 0.234 e. The summed E-state index contributed by atoms with van der Waals surface area (Å²) in [6, 6.07) is 15.0. The molecule has 0 bridgehead atoms. The van der Waals surface area contributed by atoms with Crippen molar-refractivity contribution in [2.45, 2.75) is 25.7 Å². The molecule has 0 atom stereocenters. The fourth-order valence-electron chi connectivity index (χ4n) is 3.48. The average molecular weight is 398 g/mol. The van der Waals surface area contributed by atoms with Crippen molar-refractivity contribution in [3.63, 3.8) is 0 Å². The van der Waals surface area contributed by atoms with Crippen LogP contribution in [-0.2, 0) is 4.79 Å². The van der Waals surface area contributed by atoms with E-state index >= 15 is 0 Å². The predicted octanol–water partition coefficient (Wildman–Crippen LogP) is 3.64. The zero-order valence-corrected chi connectivity index (χ0v) is 18.0. The van der Waals surface area contributed by atoms with Crippen LogP contribution in [0, 0.1) is 20.8 Å². The van der Waals surface area contributed by atoms with Crippen LogP contribution in [-0.4, -0.2) is 55.8 Å². The molecule has 5 heteroatoms. The zero-order valence-electron chi connectivity index (χ0n) is 17.2. The van der Waals surface area contributed by atoms with Crippen molar-refractivity contribution in [1.29, 1.82) is 0 Å². The molecule has 1 saturated heterocycles. The number of benzene rings is 2. The van der Waals surface area contributed by atoms with Gasteiger partial charge in [0.25, 0.3) is 0 Å². The third-order valence-electron chi connectivity index (χ3n) is 5.37. The monoisotopic (exact) mass is 397 g/mol. The second kappa shape index (κ2) is 9.99. The Bertz CT molecular complexity index is 783. The Kier molecular flexibility index (Phi) is 7.40. The molecule has 1 heterocycles. The molecular formula is C23H31N3OS. The number of hydrogen-bond donors (Lipinski definition) is 1. The molecule has 150 valence electrons. The average Bonchev–Trinajstić information content (AvgIpc) is 2.69. The van der Waals surface area contributed by atoms with Crippen LogP contribution in [0.5, 0.6) is 0 Å². The van der Waals surface area contributed by atoms with Crippen LogP contribution in [0.3, 0.4) is 0 Å². The topological polar surface area (TPSA) is 35.6 Å². The van der Waals surface area contributed by atoms with Crippen molar-refractivity contribution < 1.29 is 4.79 Å². The second-order valence-corrected chi connectivity index (χ2v) is 8.66. The summed E-state index contributed by atoms with van der Waals surface area (Å²) < 4.78 is 0. The molecular weight excluding hydrogens is 366 g/mol. The van der Waals surface area contributed by atoms with Gasteiger partial charge in [-0.1, -0.05) is 29.8 Å². The van der Waals surface area contributed by atoms with Crippen LogP contribution in [0.15, 0.2) is 47.4 Å². The molecule has 0 aromatic heterocycles. The van der Waals surface area contributed by atoms with Crippen LogP contribution in [0.2, 0.25) is 0 Å². The summed E-state index contributed by atoms with van der Waals surface area (Å²) in [5.41, 5.74) is 5.30. The zero-order chi connectivity index (χ0) is 19.9. The first kappa shape index (κ1) is 20.7. The SMILES string of the molecule is Cc1ccc(SCCNC(=O)CN2CCN(c3cccc(C)c3C)CC2)cc1. The molecule has 3 rings (SSSR count). The van der Waals surface area contributed by atoms with Crippen LogP contribution < -0.4 is 10.2 Å². The van der Waals surface area contributed by atoms with E-state index < -0.39 is 0 Å². The number of amides is 1. The van der Waals surface area contributed by atoms with Gasteiger partial charge in [0.05, 0.1) is 6.54 Å². The summed E-state index contributed by atoms with van der Waals surface area (Å²) in [6.07, 6.45) is 0. The lowest BCUT2D eigenvalue weighted by Crippen LogP contribution is -2.49. The maximum absolute atomic E-state index is 12.2.